The number of nitrogens with one attached hydrogen (secondary N) is 1. The van der Waals surface area contributed by atoms with Crippen LogP contribution in [0.5, 0.6) is 0 Å². The van der Waals surface area contributed by atoms with Crippen molar-refractivity contribution in [1.82, 2.24) is 9.78 Å². The van der Waals surface area contributed by atoms with E-state index in [4.69, 9.17) is 0 Å². The minimum absolute atomic E-state index is 0.254. The smallest absolute Gasteiger partial charge is 0.125 e. The summed E-state index contributed by atoms with van der Waals surface area (Å²) in [6, 6.07) is 4.84. The summed E-state index contributed by atoms with van der Waals surface area (Å²) in [5, 5.41) is 7.46. The number of rotatable bonds is 6. The zero-order chi connectivity index (χ0) is 17.0. The van der Waals surface area contributed by atoms with Gasteiger partial charge in [-0.1, -0.05) is 26.5 Å². The van der Waals surface area contributed by atoms with E-state index in [2.05, 4.69) is 30.8 Å². The van der Waals surface area contributed by atoms with Crippen LogP contribution in [0.4, 0.5) is 10.1 Å². The standard InChI is InChI=1S/C19H24FN3/c1-13(2)10-17-6-7-18(20)11-19(17)22-15(4)8-9-23-16(5)14(3)12-21-23/h6-9,11-13,22H,4,10H2,1-3,5H3/b9-8-. The lowest BCUT2D eigenvalue weighted by atomic mass is 10.0. The largest absolute Gasteiger partial charge is 0.356 e. The van der Waals surface area contributed by atoms with E-state index in [0.717, 1.165) is 28.9 Å². The number of benzene rings is 1. The van der Waals surface area contributed by atoms with Gasteiger partial charge in [-0.2, -0.15) is 5.10 Å². The maximum Gasteiger partial charge on any atom is 0.125 e. The van der Waals surface area contributed by atoms with Gasteiger partial charge in [-0.3, -0.25) is 0 Å². The molecule has 0 bridgehead atoms. The SMILES string of the molecule is C=C(/C=C\n1ncc(C)c1C)Nc1cc(F)ccc1CC(C)C. The first-order valence-electron chi connectivity index (χ1n) is 7.80. The molecule has 1 aromatic heterocycles. The summed E-state index contributed by atoms with van der Waals surface area (Å²) in [6.45, 7) is 12.3. The third-order valence-corrected chi connectivity index (χ3v) is 3.70. The molecule has 0 aliphatic heterocycles. The van der Waals surface area contributed by atoms with Gasteiger partial charge >= 0.3 is 0 Å². The molecule has 0 aliphatic rings. The van der Waals surface area contributed by atoms with E-state index in [0.29, 0.717) is 11.6 Å². The molecule has 2 aromatic rings. The Morgan fingerprint density at radius 1 is 1.39 bits per heavy atom. The quantitative estimate of drug-likeness (QED) is 0.766. The van der Waals surface area contributed by atoms with Gasteiger partial charge in [0, 0.05) is 23.3 Å². The Balaban J connectivity index is 2.13. The lowest BCUT2D eigenvalue weighted by Gasteiger charge is -2.14. The minimum atomic E-state index is -0.254. The maximum absolute atomic E-state index is 13.5. The van der Waals surface area contributed by atoms with Crippen LogP contribution < -0.4 is 5.32 Å². The van der Waals surface area contributed by atoms with Crippen molar-refractivity contribution in [2.45, 2.75) is 34.1 Å². The fourth-order valence-corrected chi connectivity index (χ4v) is 2.32. The number of nitrogens with zero attached hydrogens (tertiary/aromatic N) is 2. The van der Waals surface area contributed by atoms with Gasteiger partial charge in [-0.15, -0.1) is 0 Å². The fourth-order valence-electron chi connectivity index (χ4n) is 2.32. The molecule has 0 spiro atoms. The van der Waals surface area contributed by atoms with Crippen molar-refractivity contribution in [1.29, 1.82) is 0 Å². The van der Waals surface area contributed by atoms with E-state index in [1.54, 1.807) is 4.68 Å². The van der Waals surface area contributed by atoms with E-state index >= 15 is 0 Å². The van der Waals surface area contributed by atoms with Crippen LogP contribution in [0.25, 0.3) is 6.20 Å². The van der Waals surface area contributed by atoms with Gasteiger partial charge in [0.25, 0.3) is 0 Å². The van der Waals surface area contributed by atoms with E-state index in [9.17, 15) is 4.39 Å². The molecule has 1 aromatic carbocycles. The molecule has 0 saturated carbocycles. The molecule has 0 unspecified atom stereocenters. The average molecular weight is 313 g/mol. The van der Waals surface area contributed by atoms with Crippen LogP contribution in [0.1, 0.15) is 30.7 Å². The summed E-state index contributed by atoms with van der Waals surface area (Å²) < 4.78 is 15.3. The van der Waals surface area contributed by atoms with Crippen LogP contribution in [0, 0.1) is 25.6 Å². The molecular formula is C19H24FN3. The Bertz CT molecular complexity index is 726. The first kappa shape index (κ1) is 17.0. The van der Waals surface area contributed by atoms with Crippen LogP contribution in [-0.4, -0.2) is 9.78 Å². The van der Waals surface area contributed by atoms with Crippen LogP contribution >= 0.6 is 0 Å². The second-order valence-electron chi connectivity index (χ2n) is 6.22. The second kappa shape index (κ2) is 7.27. The molecule has 1 N–H and O–H groups in total. The highest BCUT2D eigenvalue weighted by Crippen LogP contribution is 2.22. The normalized spacial score (nSPS) is 11.4. The van der Waals surface area contributed by atoms with E-state index in [1.807, 2.05) is 38.4 Å². The lowest BCUT2D eigenvalue weighted by Crippen LogP contribution is -2.03. The number of halogens is 1. The van der Waals surface area contributed by atoms with Gasteiger partial charge < -0.3 is 5.32 Å². The van der Waals surface area contributed by atoms with Crippen molar-refractivity contribution in [3.8, 4) is 0 Å². The molecule has 4 heteroatoms. The molecule has 0 saturated heterocycles. The molecule has 0 atom stereocenters. The molecule has 0 radical (unpaired) electrons. The highest BCUT2D eigenvalue weighted by Gasteiger charge is 2.07. The monoisotopic (exact) mass is 313 g/mol. The zero-order valence-electron chi connectivity index (χ0n) is 14.2. The first-order valence-corrected chi connectivity index (χ1v) is 7.80. The molecule has 122 valence electrons. The van der Waals surface area contributed by atoms with Crippen LogP contribution in [0.15, 0.2) is 42.7 Å². The predicted molar refractivity (Wildman–Crippen MR) is 94.7 cm³/mol. The Kier molecular flexibility index (Phi) is 5.37. The number of allylic oxidation sites excluding steroid dienone is 1. The molecule has 0 aliphatic carbocycles. The maximum atomic E-state index is 13.5. The summed E-state index contributed by atoms with van der Waals surface area (Å²) in [6.07, 6.45) is 6.39. The summed E-state index contributed by atoms with van der Waals surface area (Å²) >= 11 is 0. The number of anilines is 1. The Morgan fingerprint density at radius 2 is 2.13 bits per heavy atom. The number of hydrogen-bond acceptors (Lipinski definition) is 2. The molecular weight excluding hydrogens is 289 g/mol. The highest BCUT2D eigenvalue weighted by molar-refractivity contribution is 5.57. The summed E-state index contributed by atoms with van der Waals surface area (Å²) in [4.78, 5) is 0. The molecule has 1 heterocycles. The Hall–Kier alpha value is -2.36. The van der Waals surface area contributed by atoms with Crippen LogP contribution in [-0.2, 0) is 6.42 Å². The minimum Gasteiger partial charge on any atom is -0.356 e. The van der Waals surface area contributed by atoms with Gasteiger partial charge in [-0.05, 0) is 55.5 Å². The van der Waals surface area contributed by atoms with Gasteiger partial charge in [0.05, 0.1) is 6.20 Å². The third kappa shape index (κ3) is 4.55. The highest BCUT2D eigenvalue weighted by atomic mass is 19.1. The first-order chi connectivity index (χ1) is 10.9. The van der Waals surface area contributed by atoms with Crippen molar-refractivity contribution >= 4 is 11.9 Å². The molecule has 0 amide bonds. The molecule has 23 heavy (non-hydrogen) atoms. The van der Waals surface area contributed by atoms with Crippen molar-refractivity contribution in [3.05, 3.63) is 65.4 Å². The van der Waals surface area contributed by atoms with E-state index < -0.39 is 0 Å². The van der Waals surface area contributed by atoms with Crippen LogP contribution in [0.3, 0.4) is 0 Å². The van der Waals surface area contributed by atoms with Crippen molar-refractivity contribution < 1.29 is 4.39 Å². The van der Waals surface area contributed by atoms with Gasteiger partial charge in [0.1, 0.15) is 5.82 Å². The Morgan fingerprint density at radius 3 is 2.74 bits per heavy atom. The average Bonchev–Trinajstić information content (AvgIpc) is 2.79. The number of aromatic nitrogens is 2. The van der Waals surface area contributed by atoms with Gasteiger partial charge in [-0.25, -0.2) is 9.07 Å². The third-order valence-electron chi connectivity index (χ3n) is 3.70. The van der Waals surface area contributed by atoms with E-state index in [-0.39, 0.29) is 5.82 Å². The van der Waals surface area contributed by atoms with E-state index in [1.165, 1.54) is 12.1 Å². The Labute approximate surface area is 137 Å². The van der Waals surface area contributed by atoms with Gasteiger partial charge in [0.15, 0.2) is 0 Å². The molecule has 2 rings (SSSR count). The molecule has 3 nitrogen and oxygen atoms in total. The molecule has 0 fully saturated rings. The zero-order valence-corrected chi connectivity index (χ0v) is 14.2. The van der Waals surface area contributed by atoms with Crippen LogP contribution in [0.2, 0.25) is 0 Å². The fraction of sp³-hybridized carbons (Fsp3) is 0.316. The second-order valence-corrected chi connectivity index (χ2v) is 6.22. The predicted octanol–water partition coefficient (Wildman–Crippen LogP) is 4.93. The summed E-state index contributed by atoms with van der Waals surface area (Å²) in [5.41, 5.74) is 4.76. The summed E-state index contributed by atoms with van der Waals surface area (Å²) in [7, 11) is 0. The lowest BCUT2D eigenvalue weighted by molar-refractivity contribution is 0.621. The van der Waals surface area contributed by atoms with Crippen molar-refractivity contribution in [2.75, 3.05) is 5.32 Å². The number of hydrogen-bond donors (Lipinski definition) is 1. The number of aryl methyl sites for hydroxylation is 1. The topological polar surface area (TPSA) is 29.9 Å². The van der Waals surface area contributed by atoms with Crippen molar-refractivity contribution in [3.63, 3.8) is 0 Å². The summed E-state index contributed by atoms with van der Waals surface area (Å²) in [5.74, 6) is 0.245. The van der Waals surface area contributed by atoms with Gasteiger partial charge in [0.2, 0.25) is 0 Å². The van der Waals surface area contributed by atoms with Crippen molar-refractivity contribution in [2.24, 2.45) is 5.92 Å².